The fraction of sp³-hybridized carbons (Fsp3) is 0.182. The highest BCUT2D eigenvalue weighted by atomic mass is 32.2. The molecule has 1 unspecified atom stereocenters. The predicted octanol–water partition coefficient (Wildman–Crippen LogP) is 2.19. The highest BCUT2D eigenvalue weighted by Gasteiger charge is 2.27. The van der Waals surface area contributed by atoms with Gasteiger partial charge in [-0.3, -0.25) is 0 Å². The Morgan fingerprint density at radius 2 is 2.07 bits per heavy atom. The molecule has 0 saturated heterocycles. The molecular formula is C11H10O3S. The summed E-state index contributed by atoms with van der Waals surface area (Å²) in [6.07, 6.45) is 1.38. The van der Waals surface area contributed by atoms with E-state index in [4.69, 9.17) is 9.47 Å². The molecule has 0 aromatic heterocycles. The Morgan fingerprint density at radius 3 is 2.73 bits per heavy atom. The Kier molecular flexibility index (Phi) is 2.97. The Bertz CT molecular complexity index is 386. The van der Waals surface area contributed by atoms with Crippen LogP contribution in [-0.2, 0) is 14.3 Å². The molecule has 0 radical (unpaired) electrons. The summed E-state index contributed by atoms with van der Waals surface area (Å²) in [6.45, 7) is 0. The number of rotatable bonds is 3. The van der Waals surface area contributed by atoms with Crippen molar-refractivity contribution < 1.29 is 14.3 Å². The van der Waals surface area contributed by atoms with Crippen LogP contribution in [0.3, 0.4) is 0 Å². The maximum absolute atomic E-state index is 11.0. The van der Waals surface area contributed by atoms with Gasteiger partial charge in [0.05, 0.1) is 13.2 Å². The lowest BCUT2D eigenvalue weighted by Crippen LogP contribution is -2.07. The van der Waals surface area contributed by atoms with Gasteiger partial charge in [0.25, 0.3) is 0 Å². The Balaban J connectivity index is 2.08. The number of carbonyl (C=O) groups excluding carboxylic acids is 1. The minimum absolute atomic E-state index is 0.347. The number of thioether (sulfide) groups is 1. The maximum Gasteiger partial charge on any atom is 0.335 e. The van der Waals surface area contributed by atoms with E-state index in [2.05, 4.69) is 0 Å². The number of benzene rings is 1. The third kappa shape index (κ3) is 2.33. The van der Waals surface area contributed by atoms with Gasteiger partial charge in [-0.2, -0.15) is 0 Å². The van der Waals surface area contributed by atoms with Crippen molar-refractivity contribution in [2.45, 2.75) is 10.3 Å². The fourth-order valence-electron chi connectivity index (χ4n) is 1.24. The van der Waals surface area contributed by atoms with Crippen LogP contribution in [0.15, 0.2) is 47.1 Å². The average molecular weight is 222 g/mol. The van der Waals surface area contributed by atoms with Gasteiger partial charge in [0.15, 0.2) is 5.76 Å². The van der Waals surface area contributed by atoms with Gasteiger partial charge < -0.3 is 9.47 Å². The summed E-state index contributed by atoms with van der Waals surface area (Å²) >= 11 is 1.45. The molecule has 1 aromatic rings. The van der Waals surface area contributed by atoms with Gasteiger partial charge in [0, 0.05) is 4.90 Å². The number of hydrogen-bond acceptors (Lipinski definition) is 4. The molecule has 0 amide bonds. The Labute approximate surface area is 92.1 Å². The number of cyclic esters (lactones) is 1. The third-order valence-corrected chi connectivity index (χ3v) is 3.02. The number of methoxy groups -OCH3 is 1. The van der Waals surface area contributed by atoms with Gasteiger partial charge in [-0.05, 0) is 12.1 Å². The summed E-state index contributed by atoms with van der Waals surface area (Å²) in [7, 11) is 1.53. The molecule has 1 aliphatic rings. The lowest BCUT2D eigenvalue weighted by Gasteiger charge is -2.12. The van der Waals surface area contributed by atoms with Gasteiger partial charge in [0.1, 0.15) is 0 Å². The zero-order valence-electron chi connectivity index (χ0n) is 8.17. The van der Waals surface area contributed by atoms with E-state index in [-0.39, 0.29) is 11.4 Å². The number of carbonyl (C=O) groups is 1. The van der Waals surface area contributed by atoms with Gasteiger partial charge in [-0.1, -0.05) is 30.0 Å². The first-order valence-electron chi connectivity index (χ1n) is 4.47. The zero-order valence-corrected chi connectivity index (χ0v) is 8.99. The number of esters is 1. The average Bonchev–Trinajstić information content (AvgIpc) is 2.60. The molecule has 0 aliphatic carbocycles. The molecule has 1 atom stereocenters. The molecule has 0 saturated carbocycles. The highest BCUT2D eigenvalue weighted by Crippen LogP contribution is 2.32. The second-order valence-corrected chi connectivity index (χ2v) is 4.09. The van der Waals surface area contributed by atoms with E-state index in [1.807, 2.05) is 30.3 Å². The van der Waals surface area contributed by atoms with Crippen molar-refractivity contribution in [1.29, 1.82) is 0 Å². The monoisotopic (exact) mass is 222 g/mol. The molecule has 2 rings (SSSR count). The first-order valence-corrected chi connectivity index (χ1v) is 5.35. The lowest BCUT2D eigenvalue weighted by molar-refractivity contribution is -0.136. The van der Waals surface area contributed by atoms with Crippen molar-refractivity contribution in [3.05, 3.63) is 42.2 Å². The van der Waals surface area contributed by atoms with Gasteiger partial charge >= 0.3 is 5.97 Å². The quantitative estimate of drug-likeness (QED) is 0.734. The SMILES string of the molecule is COC1=CC(=O)OC1Sc1ccccc1. The Morgan fingerprint density at radius 1 is 1.33 bits per heavy atom. The summed E-state index contributed by atoms with van der Waals surface area (Å²) in [4.78, 5) is 12.1. The largest absolute Gasteiger partial charge is 0.496 e. The van der Waals surface area contributed by atoms with Crippen LogP contribution in [-0.4, -0.2) is 18.5 Å². The van der Waals surface area contributed by atoms with Gasteiger partial charge in [-0.15, -0.1) is 0 Å². The van der Waals surface area contributed by atoms with Crippen LogP contribution in [0.4, 0.5) is 0 Å². The molecule has 15 heavy (non-hydrogen) atoms. The van der Waals surface area contributed by atoms with E-state index >= 15 is 0 Å². The molecule has 1 aromatic carbocycles. The van der Waals surface area contributed by atoms with Crippen molar-refractivity contribution >= 4 is 17.7 Å². The third-order valence-electron chi connectivity index (χ3n) is 1.94. The summed E-state index contributed by atoms with van der Waals surface area (Å²) < 4.78 is 10.1. The van der Waals surface area contributed by atoms with Crippen LogP contribution in [0.1, 0.15) is 0 Å². The van der Waals surface area contributed by atoms with Crippen molar-refractivity contribution in [3.63, 3.8) is 0 Å². The van der Waals surface area contributed by atoms with E-state index in [9.17, 15) is 4.79 Å². The van der Waals surface area contributed by atoms with Crippen LogP contribution in [0, 0.1) is 0 Å². The normalized spacial score (nSPS) is 19.7. The van der Waals surface area contributed by atoms with Crippen LogP contribution in [0.25, 0.3) is 0 Å². The fourth-order valence-corrected chi connectivity index (χ4v) is 2.23. The van der Waals surface area contributed by atoms with E-state index in [0.29, 0.717) is 5.76 Å². The summed E-state index contributed by atoms with van der Waals surface area (Å²) in [5, 5.41) is 0. The molecular weight excluding hydrogens is 212 g/mol. The van der Waals surface area contributed by atoms with E-state index in [1.165, 1.54) is 24.9 Å². The first-order chi connectivity index (χ1) is 7.29. The molecule has 0 spiro atoms. The van der Waals surface area contributed by atoms with Crippen molar-refractivity contribution in [2.24, 2.45) is 0 Å². The van der Waals surface area contributed by atoms with Crippen molar-refractivity contribution in [3.8, 4) is 0 Å². The number of hydrogen-bond donors (Lipinski definition) is 0. The molecule has 3 nitrogen and oxygen atoms in total. The maximum atomic E-state index is 11.0. The Hall–Kier alpha value is -1.42. The predicted molar refractivity (Wildman–Crippen MR) is 57.3 cm³/mol. The van der Waals surface area contributed by atoms with Crippen LogP contribution >= 0.6 is 11.8 Å². The van der Waals surface area contributed by atoms with Gasteiger partial charge in [0.2, 0.25) is 5.44 Å². The minimum atomic E-state index is -0.357. The first kappa shape index (κ1) is 10.1. The summed E-state index contributed by atoms with van der Waals surface area (Å²) in [5.74, 6) is 0.217. The standard InChI is InChI=1S/C11H10O3S/c1-13-9-7-10(12)14-11(9)15-8-5-3-2-4-6-8/h2-7,11H,1H3. The lowest BCUT2D eigenvalue weighted by atomic mass is 10.4. The molecule has 0 fully saturated rings. The minimum Gasteiger partial charge on any atom is -0.496 e. The highest BCUT2D eigenvalue weighted by molar-refractivity contribution is 8.00. The van der Waals surface area contributed by atoms with E-state index in [1.54, 1.807) is 0 Å². The van der Waals surface area contributed by atoms with Gasteiger partial charge in [-0.25, -0.2) is 4.79 Å². The smallest absolute Gasteiger partial charge is 0.335 e. The zero-order chi connectivity index (χ0) is 10.7. The molecule has 4 heteroatoms. The topological polar surface area (TPSA) is 35.5 Å². The molecule has 78 valence electrons. The summed E-state index contributed by atoms with van der Waals surface area (Å²) in [5.41, 5.74) is -0.357. The molecule has 1 heterocycles. The van der Waals surface area contributed by atoms with Crippen LogP contribution in [0.5, 0.6) is 0 Å². The van der Waals surface area contributed by atoms with Crippen molar-refractivity contribution in [2.75, 3.05) is 7.11 Å². The van der Waals surface area contributed by atoms with E-state index in [0.717, 1.165) is 4.90 Å². The van der Waals surface area contributed by atoms with E-state index < -0.39 is 0 Å². The summed E-state index contributed by atoms with van der Waals surface area (Å²) in [6, 6.07) is 9.75. The molecule has 0 N–H and O–H groups in total. The van der Waals surface area contributed by atoms with Crippen molar-refractivity contribution in [1.82, 2.24) is 0 Å². The second kappa shape index (κ2) is 4.40. The van der Waals surface area contributed by atoms with Crippen LogP contribution < -0.4 is 0 Å². The number of ether oxygens (including phenoxy) is 2. The molecule has 0 bridgehead atoms. The van der Waals surface area contributed by atoms with Crippen LogP contribution in [0.2, 0.25) is 0 Å². The molecule has 1 aliphatic heterocycles. The second-order valence-electron chi connectivity index (χ2n) is 2.95.